The highest BCUT2D eigenvalue weighted by Gasteiger charge is 2.17. The van der Waals surface area contributed by atoms with E-state index in [1.54, 1.807) is 18.2 Å². The molecule has 0 saturated heterocycles. The van der Waals surface area contributed by atoms with E-state index in [4.69, 9.17) is 11.6 Å². The van der Waals surface area contributed by atoms with Gasteiger partial charge in [0.15, 0.2) is 6.20 Å². The zero-order valence-corrected chi connectivity index (χ0v) is 12.6. The molecule has 9 heteroatoms. The summed E-state index contributed by atoms with van der Waals surface area (Å²) >= 11 is 6.80. The second-order valence-electron chi connectivity index (χ2n) is 4.12. The molecule has 114 valence electrons. The molecule has 7 nitrogen and oxygen atoms in total. The van der Waals surface area contributed by atoms with E-state index in [1.165, 1.54) is 24.4 Å². The van der Waals surface area contributed by atoms with Crippen molar-refractivity contribution < 1.29 is 14.4 Å². The third-order valence-electron chi connectivity index (χ3n) is 2.57. The minimum absolute atomic E-state index is 0.0196. The molecule has 0 radical (unpaired) electrons. The van der Waals surface area contributed by atoms with Crippen LogP contribution in [0.5, 0.6) is 0 Å². The lowest BCUT2D eigenvalue weighted by Gasteiger charge is -2.06. The maximum atomic E-state index is 11.9. The van der Waals surface area contributed by atoms with E-state index in [9.17, 15) is 20.1 Å². The molecule has 22 heavy (non-hydrogen) atoms. The first kappa shape index (κ1) is 16.1. The van der Waals surface area contributed by atoms with Crippen molar-refractivity contribution in [1.82, 2.24) is 0 Å². The van der Waals surface area contributed by atoms with Gasteiger partial charge in [-0.3, -0.25) is 14.9 Å². The normalized spacial score (nSPS) is 10.2. The Balaban J connectivity index is 2.05. The minimum Gasteiger partial charge on any atom is -0.618 e. The molecular weight excluding hydrogens is 330 g/mol. The van der Waals surface area contributed by atoms with Gasteiger partial charge in [0.25, 0.3) is 10.7 Å². The number of anilines is 1. The largest absolute Gasteiger partial charge is 0.618 e. The molecule has 0 aliphatic heterocycles. The molecule has 1 aromatic carbocycles. The summed E-state index contributed by atoms with van der Waals surface area (Å²) in [5, 5.41) is 25.4. The maximum Gasteiger partial charge on any atom is 0.292 e. The summed E-state index contributed by atoms with van der Waals surface area (Å²) in [7, 11) is 0. The molecule has 0 saturated carbocycles. The molecule has 1 aromatic heterocycles. The summed E-state index contributed by atoms with van der Waals surface area (Å²) in [5.74, 6) is -0.533. The number of nitrogens with one attached hydrogen (secondary N) is 1. The quantitative estimate of drug-likeness (QED) is 0.297. The van der Waals surface area contributed by atoms with Crippen LogP contribution in [0.2, 0.25) is 5.02 Å². The number of nitrogens with zero attached hydrogens (tertiary/aromatic N) is 2. The highest BCUT2D eigenvalue weighted by molar-refractivity contribution is 7.99. The van der Waals surface area contributed by atoms with E-state index in [1.807, 2.05) is 0 Å². The van der Waals surface area contributed by atoms with Crippen LogP contribution in [0.3, 0.4) is 0 Å². The zero-order valence-electron chi connectivity index (χ0n) is 11.1. The SMILES string of the molecule is O=C(CSc1cccc[n+]1[O-])Nc1cc(Cl)ccc1[N+](=O)[O-]. The Morgan fingerprint density at radius 2 is 2.14 bits per heavy atom. The number of carbonyl (C=O) groups excluding carboxylic acids is 1. The molecule has 0 unspecified atom stereocenters. The van der Waals surface area contributed by atoms with E-state index in [0.29, 0.717) is 9.76 Å². The van der Waals surface area contributed by atoms with Crippen molar-refractivity contribution in [2.24, 2.45) is 0 Å². The predicted molar refractivity (Wildman–Crippen MR) is 82.9 cm³/mol. The van der Waals surface area contributed by atoms with Crippen molar-refractivity contribution in [2.75, 3.05) is 11.1 Å². The fourth-order valence-electron chi connectivity index (χ4n) is 1.62. The number of hydrogen-bond acceptors (Lipinski definition) is 5. The topological polar surface area (TPSA) is 99.2 Å². The van der Waals surface area contributed by atoms with Gasteiger partial charge in [0.1, 0.15) is 5.69 Å². The first-order chi connectivity index (χ1) is 10.5. The second kappa shape index (κ2) is 7.10. The average molecular weight is 340 g/mol. The van der Waals surface area contributed by atoms with Crippen LogP contribution in [0.4, 0.5) is 11.4 Å². The highest BCUT2D eigenvalue weighted by atomic mass is 35.5. The van der Waals surface area contributed by atoms with Crippen LogP contribution in [0.15, 0.2) is 47.6 Å². The van der Waals surface area contributed by atoms with Gasteiger partial charge in [0.05, 0.1) is 10.7 Å². The Labute approximate surface area is 134 Å². The van der Waals surface area contributed by atoms with Crippen LogP contribution >= 0.6 is 23.4 Å². The molecule has 0 aliphatic rings. The van der Waals surface area contributed by atoms with Gasteiger partial charge in [-0.25, -0.2) is 0 Å². The summed E-state index contributed by atoms with van der Waals surface area (Å²) in [6.45, 7) is 0. The number of halogens is 1. The number of nitro groups is 1. The van der Waals surface area contributed by atoms with E-state index in [2.05, 4.69) is 5.32 Å². The molecule has 0 bridgehead atoms. The third kappa shape index (κ3) is 4.09. The lowest BCUT2D eigenvalue weighted by atomic mass is 10.2. The molecular formula is C13H10ClN3O4S. The van der Waals surface area contributed by atoms with E-state index < -0.39 is 10.8 Å². The van der Waals surface area contributed by atoms with Crippen molar-refractivity contribution in [1.29, 1.82) is 0 Å². The van der Waals surface area contributed by atoms with E-state index >= 15 is 0 Å². The molecule has 1 amide bonds. The number of carbonyl (C=O) groups is 1. The summed E-state index contributed by atoms with van der Waals surface area (Å²) < 4.78 is 0.639. The van der Waals surface area contributed by atoms with E-state index in [-0.39, 0.29) is 22.2 Å². The monoisotopic (exact) mass is 339 g/mol. The third-order valence-corrected chi connectivity index (χ3v) is 3.82. The molecule has 0 spiro atoms. The molecule has 1 heterocycles. The number of aromatic nitrogens is 1. The number of pyridine rings is 1. The first-order valence-electron chi connectivity index (χ1n) is 6.02. The maximum absolute atomic E-state index is 11.9. The summed E-state index contributed by atoms with van der Waals surface area (Å²) in [5.41, 5.74) is -0.229. The minimum atomic E-state index is -0.609. The van der Waals surface area contributed by atoms with Crippen LogP contribution in [0.1, 0.15) is 0 Å². The highest BCUT2D eigenvalue weighted by Crippen LogP contribution is 2.27. The molecule has 0 aliphatic carbocycles. The smallest absolute Gasteiger partial charge is 0.292 e. The fourth-order valence-corrected chi connectivity index (χ4v) is 2.50. The standard InChI is InChI=1S/C13H10ClN3O4S/c14-9-4-5-11(17(20)21)10(7-9)15-12(18)8-22-13-3-1-2-6-16(13)19/h1-7H,8H2,(H,15,18). The van der Waals surface area contributed by atoms with Gasteiger partial charge in [0, 0.05) is 23.2 Å². The van der Waals surface area contributed by atoms with Crippen LogP contribution in [-0.2, 0) is 4.79 Å². The van der Waals surface area contributed by atoms with Crippen molar-refractivity contribution in [3.63, 3.8) is 0 Å². The van der Waals surface area contributed by atoms with Crippen LogP contribution in [0, 0.1) is 15.3 Å². The summed E-state index contributed by atoms with van der Waals surface area (Å²) in [6.07, 6.45) is 1.32. The number of thioether (sulfide) groups is 1. The molecule has 2 aromatic rings. The van der Waals surface area contributed by atoms with Gasteiger partial charge in [0.2, 0.25) is 5.91 Å². The van der Waals surface area contributed by atoms with Gasteiger partial charge in [-0.15, -0.1) is 0 Å². The number of amides is 1. The van der Waals surface area contributed by atoms with Gasteiger partial charge in [-0.2, -0.15) is 4.73 Å². The lowest BCUT2D eigenvalue weighted by molar-refractivity contribution is -0.645. The number of hydrogen-bond donors (Lipinski definition) is 1. The molecule has 0 atom stereocenters. The Bertz CT molecular complexity index is 726. The fraction of sp³-hybridized carbons (Fsp3) is 0.0769. The van der Waals surface area contributed by atoms with Crippen molar-refractivity contribution in [2.45, 2.75) is 5.03 Å². The van der Waals surface area contributed by atoms with Crippen molar-refractivity contribution in [3.05, 3.63) is 62.9 Å². The Kier molecular flexibility index (Phi) is 5.18. The van der Waals surface area contributed by atoms with Crippen LogP contribution in [0.25, 0.3) is 0 Å². The van der Waals surface area contributed by atoms with Crippen LogP contribution < -0.4 is 10.0 Å². The van der Waals surface area contributed by atoms with Gasteiger partial charge in [-0.05, 0) is 30.0 Å². The number of benzene rings is 1. The van der Waals surface area contributed by atoms with Crippen LogP contribution in [-0.4, -0.2) is 16.6 Å². The van der Waals surface area contributed by atoms with Crippen molar-refractivity contribution >= 4 is 40.6 Å². The molecule has 1 N–H and O–H groups in total. The molecule has 0 fully saturated rings. The Morgan fingerprint density at radius 3 is 2.82 bits per heavy atom. The Hall–Kier alpha value is -2.32. The number of nitro benzene ring substituents is 1. The number of rotatable bonds is 5. The summed E-state index contributed by atoms with van der Waals surface area (Å²) in [4.78, 5) is 22.2. The zero-order chi connectivity index (χ0) is 16.1. The van der Waals surface area contributed by atoms with E-state index in [0.717, 1.165) is 11.8 Å². The lowest BCUT2D eigenvalue weighted by Crippen LogP contribution is -2.28. The molecule has 2 rings (SSSR count). The Morgan fingerprint density at radius 1 is 1.36 bits per heavy atom. The first-order valence-corrected chi connectivity index (χ1v) is 7.38. The van der Waals surface area contributed by atoms with Gasteiger partial charge < -0.3 is 10.5 Å². The average Bonchev–Trinajstić information content (AvgIpc) is 2.46. The van der Waals surface area contributed by atoms with Gasteiger partial charge in [-0.1, -0.05) is 11.6 Å². The van der Waals surface area contributed by atoms with Gasteiger partial charge >= 0.3 is 0 Å². The predicted octanol–water partition coefficient (Wildman–Crippen LogP) is 2.61. The summed E-state index contributed by atoms with van der Waals surface area (Å²) in [6, 6.07) is 8.72. The second-order valence-corrected chi connectivity index (χ2v) is 5.55. The van der Waals surface area contributed by atoms with Crippen molar-refractivity contribution in [3.8, 4) is 0 Å².